The van der Waals surface area contributed by atoms with Gasteiger partial charge in [-0.05, 0) is 48.2 Å². The van der Waals surface area contributed by atoms with Gasteiger partial charge in [-0.2, -0.15) is 0 Å². The summed E-state index contributed by atoms with van der Waals surface area (Å²) in [5, 5.41) is 16.3. The molecule has 0 bridgehead atoms. The average Bonchev–Trinajstić information content (AvgIpc) is 2.77. The molecule has 0 saturated heterocycles. The van der Waals surface area contributed by atoms with Gasteiger partial charge in [0.15, 0.2) is 0 Å². The van der Waals surface area contributed by atoms with Gasteiger partial charge in [0.1, 0.15) is 0 Å². The molecule has 2 aromatic carbocycles. The zero-order chi connectivity index (χ0) is 20.8. The second-order valence-electron chi connectivity index (χ2n) is 7.83. The molecular weight excluding hydrogens is 374 g/mol. The fourth-order valence-corrected chi connectivity index (χ4v) is 4.22. The molecule has 154 valence electrons. The molecular formula is C25H27N3O2. The maximum atomic E-state index is 11.0. The van der Waals surface area contributed by atoms with E-state index in [2.05, 4.69) is 52.0 Å². The molecule has 0 aliphatic carbocycles. The van der Waals surface area contributed by atoms with Crippen molar-refractivity contribution in [1.29, 1.82) is 0 Å². The Morgan fingerprint density at radius 3 is 2.77 bits per heavy atom. The quantitative estimate of drug-likeness (QED) is 0.534. The van der Waals surface area contributed by atoms with Crippen molar-refractivity contribution in [2.45, 2.75) is 25.3 Å². The van der Waals surface area contributed by atoms with Crippen LogP contribution in [0.3, 0.4) is 0 Å². The normalized spacial score (nSPS) is 16.3. The van der Waals surface area contributed by atoms with Gasteiger partial charge in [-0.15, -0.1) is 0 Å². The summed E-state index contributed by atoms with van der Waals surface area (Å²) in [4.78, 5) is 15.5. The average molecular weight is 402 g/mol. The number of fused-ring (bicyclic) bond motifs is 1. The van der Waals surface area contributed by atoms with E-state index >= 15 is 0 Å². The topological polar surface area (TPSA) is 74.2 Å². The minimum atomic E-state index is -0.798. The van der Waals surface area contributed by atoms with E-state index in [0.717, 1.165) is 48.4 Å². The monoisotopic (exact) mass is 401 g/mol. The number of nitrogens with one attached hydrogen (secondary N) is 2. The molecule has 1 aliphatic heterocycles. The summed E-state index contributed by atoms with van der Waals surface area (Å²) in [6.07, 6.45) is 3.71. The van der Waals surface area contributed by atoms with Crippen LogP contribution >= 0.6 is 0 Å². The van der Waals surface area contributed by atoms with Crippen LogP contribution in [0.2, 0.25) is 0 Å². The lowest BCUT2D eigenvalue weighted by atomic mass is 9.86. The molecule has 0 saturated carbocycles. The number of carboxylic acid groups (broad SMARTS) is 1. The minimum absolute atomic E-state index is 0.0636. The SMILES string of the molecule is O=C(O)Cc1cccc(CCN[C@H](c2ccccc2)[C@H]2CNc3cccnc3C2)c1. The Morgan fingerprint density at radius 1 is 1.10 bits per heavy atom. The van der Waals surface area contributed by atoms with Gasteiger partial charge in [-0.25, -0.2) is 0 Å². The Hall–Kier alpha value is -3.18. The molecule has 5 heteroatoms. The van der Waals surface area contributed by atoms with Gasteiger partial charge < -0.3 is 15.7 Å². The van der Waals surface area contributed by atoms with Crippen LogP contribution in [0.4, 0.5) is 5.69 Å². The highest BCUT2D eigenvalue weighted by Gasteiger charge is 2.27. The van der Waals surface area contributed by atoms with Gasteiger partial charge in [0.05, 0.1) is 17.8 Å². The molecule has 0 spiro atoms. The van der Waals surface area contributed by atoms with Crippen LogP contribution in [-0.4, -0.2) is 29.1 Å². The molecule has 1 aromatic heterocycles. The van der Waals surface area contributed by atoms with E-state index in [9.17, 15) is 4.79 Å². The van der Waals surface area contributed by atoms with E-state index in [0.29, 0.717) is 5.92 Å². The molecule has 2 heterocycles. The Labute approximate surface area is 177 Å². The smallest absolute Gasteiger partial charge is 0.307 e. The number of aliphatic carboxylic acids is 1. The van der Waals surface area contributed by atoms with Crippen LogP contribution in [0, 0.1) is 5.92 Å². The molecule has 0 amide bonds. The molecule has 3 aromatic rings. The predicted molar refractivity (Wildman–Crippen MR) is 119 cm³/mol. The fraction of sp³-hybridized carbons (Fsp3) is 0.280. The van der Waals surface area contributed by atoms with Crippen LogP contribution < -0.4 is 10.6 Å². The molecule has 0 fully saturated rings. The lowest BCUT2D eigenvalue weighted by Gasteiger charge is -2.33. The first-order valence-corrected chi connectivity index (χ1v) is 10.4. The van der Waals surface area contributed by atoms with E-state index in [1.807, 2.05) is 36.5 Å². The number of carboxylic acids is 1. The number of anilines is 1. The summed E-state index contributed by atoms with van der Waals surface area (Å²) >= 11 is 0. The van der Waals surface area contributed by atoms with Gasteiger partial charge in [0.25, 0.3) is 0 Å². The van der Waals surface area contributed by atoms with E-state index in [-0.39, 0.29) is 12.5 Å². The van der Waals surface area contributed by atoms with Crippen molar-refractivity contribution in [2.24, 2.45) is 5.92 Å². The number of nitrogens with zero attached hydrogens (tertiary/aromatic N) is 1. The van der Waals surface area contributed by atoms with Crippen molar-refractivity contribution in [3.8, 4) is 0 Å². The third-order valence-corrected chi connectivity index (χ3v) is 5.66. The maximum absolute atomic E-state index is 11.0. The maximum Gasteiger partial charge on any atom is 0.307 e. The van der Waals surface area contributed by atoms with Gasteiger partial charge in [-0.3, -0.25) is 9.78 Å². The lowest BCUT2D eigenvalue weighted by molar-refractivity contribution is -0.136. The number of hydrogen-bond acceptors (Lipinski definition) is 4. The number of pyridine rings is 1. The number of hydrogen-bond donors (Lipinski definition) is 3. The van der Waals surface area contributed by atoms with E-state index < -0.39 is 5.97 Å². The standard InChI is InChI=1S/C25H27N3O2/c29-24(30)15-19-7-4-6-18(14-19)11-13-27-25(20-8-2-1-3-9-20)21-16-23-22(28-17-21)10-5-12-26-23/h1-10,12,14,21,25,27-28H,11,13,15-17H2,(H,29,30)/t21-,25-/m1/s1. The summed E-state index contributed by atoms with van der Waals surface area (Å²) in [6.45, 7) is 1.72. The Balaban J connectivity index is 1.45. The summed E-state index contributed by atoms with van der Waals surface area (Å²) in [7, 11) is 0. The highest BCUT2D eigenvalue weighted by atomic mass is 16.4. The largest absolute Gasteiger partial charge is 0.481 e. The third kappa shape index (κ3) is 5.05. The van der Waals surface area contributed by atoms with Crippen molar-refractivity contribution in [3.63, 3.8) is 0 Å². The summed E-state index contributed by atoms with van der Waals surface area (Å²) in [6, 6.07) is 22.7. The molecule has 5 nitrogen and oxygen atoms in total. The van der Waals surface area contributed by atoms with Crippen LogP contribution in [0.25, 0.3) is 0 Å². The first-order chi connectivity index (χ1) is 14.7. The zero-order valence-corrected chi connectivity index (χ0v) is 16.9. The van der Waals surface area contributed by atoms with Crippen LogP contribution in [0.1, 0.15) is 28.4 Å². The van der Waals surface area contributed by atoms with E-state index in [1.165, 1.54) is 5.56 Å². The number of benzene rings is 2. The summed E-state index contributed by atoms with van der Waals surface area (Å²) < 4.78 is 0. The molecule has 0 unspecified atom stereocenters. The van der Waals surface area contributed by atoms with E-state index in [4.69, 9.17) is 5.11 Å². The Bertz CT molecular complexity index is 990. The minimum Gasteiger partial charge on any atom is -0.481 e. The van der Waals surface area contributed by atoms with Gasteiger partial charge in [0.2, 0.25) is 0 Å². The molecule has 0 radical (unpaired) electrons. The second kappa shape index (κ2) is 9.55. The van der Waals surface area contributed by atoms with Crippen molar-refractivity contribution in [3.05, 3.63) is 95.3 Å². The highest BCUT2D eigenvalue weighted by Crippen LogP contribution is 2.31. The van der Waals surface area contributed by atoms with Crippen molar-refractivity contribution in [1.82, 2.24) is 10.3 Å². The first-order valence-electron chi connectivity index (χ1n) is 10.4. The van der Waals surface area contributed by atoms with E-state index in [1.54, 1.807) is 0 Å². The molecule has 1 aliphatic rings. The van der Waals surface area contributed by atoms with Crippen molar-refractivity contribution in [2.75, 3.05) is 18.4 Å². The third-order valence-electron chi connectivity index (χ3n) is 5.66. The van der Waals surface area contributed by atoms with Crippen LogP contribution in [0.5, 0.6) is 0 Å². The van der Waals surface area contributed by atoms with Crippen LogP contribution in [0.15, 0.2) is 72.9 Å². The van der Waals surface area contributed by atoms with Crippen LogP contribution in [-0.2, 0) is 24.1 Å². The first kappa shape index (κ1) is 20.1. The second-order valence-corrected chi connectivity index (χ2v) is 7.83. The molecule has 3 N–H and O–H groups in total. The number of aromatic nitrogens is 1. The van der Waals surface area contributed by atoms with Crippen molar-refractivity contribution < 1.29 is 9.90 Å². The summed E-state index contributed by atoms with van der Waals surface area (Å²) in [5.41, 5.74) is 5.54. The highest BCUT2D eigenvalue weighted by molar-refractivity contribution is 5.70. The van der Waals surface area contributed by atoms with Crippen molar-refractivity contribution >= 4 is 11.7 Å². The predicted octanol–water partition coefficient (Wildman–Crippen LogP) is 3.87. The van der Waals surface area contributed by atoms with Gasteiger partial charge >= 0.3 is 5.97 Å². The molecule has 4 rings (SSSR count). The lowest BCUT2D eigenvalue weighted by Crippen LogP contribution is -2.37. The number of rotatable bonds is 8. The van der Waals surface area contributed by atoms with Gasteiger partial charge in [-0.1, -0.05) is 54.6 Å². The Kier molecular flexibility index (Phi) is 6.40. The Morgan fingerprint density at radius 2 is 1.93 bits per heavy atom. The summed E-state index contributed by atoms with van der Waals surface area (Å²) in [5.74, 6) is -0.402. The van der Waals surface area contributed by atoms with Gasteiger partial charge in [0, 0.05) is 24.7 Å². The zero-order valence-electron chi connectivity index (χ0n) is 16.9. The molecule has 2 atom stereocenters. The molecule has 30 heavy (non-hydrogen) atoms. The number of carbonyl (C=O) groups is 1. The fourth-order valence-electron chi connectivity index (χ4n) is 4.22.